The molecule has 90 valence electrons. The molecule has 2 unspecified atom stereocenters. The van der Waals surface area contributed by atoms with Crippen LogP contribution in [0.1, 0.15) is 32.6 Å². The molecule has 1 saturated heterocycles. The van der Waals surface area contributed by atoms with Gasteiger partial charge in [0.25, 0.3) is 0 Å². The van der Waals surface area contributed by atoms with Crippen LogP contribution in [-0.4, -0.2) is 49.3 Å². The summed E-state index contributed by atoms with van der Waals surface area (Å²) >= 11 is 0. The Bertz CT molecular complexity index is 164. The lowest BCUT2D eigenvalue weighted by Gasteiger charge is -2.34. The second kappa shape index (κ2) is 7.20. The molecule has 1 heterocycles. The van der Waals surface area contributed by atoms with Crippen LogP contribution in [0.2, 0.25) is 0 Å². The number of nitrogens with one attached hydrogen (secondary N) is 1. The molecular weight excluding hydrogens is 188 g/mol. The average Bonchev–Trinajstić information content (AvgIpc) is 2.24. The van der Waals surface area contributed by atoms with Gasteiger partial charge in [-0.25, -0.2) is 0 Å². The predicted octanol–water partition coefficient (Wildman–Crippen LogP) is 1.08. The van der Waals surface area contributed by atoms with E-state index in [9.17, 15) is 0 Å². The smallest absolute Gasteiger partial charge is 0.0431 e. The molecule has 1 aliphatic rings. The number of rotatable bonds is 6. The van der Waals surface area contributed by atoms with Crippen LogP contribution in [0.4, 0.5) is 0 Å². The van der Waals surface area contributed by atoms with Crippen LogP contribution < -0.4 is 5.32 Å². The monoisotopic (exact) mass is 214 g/mol. The summed E-state index contributed by atoms with van der Waals surface area (Å²) in [5.74, 6) is 0.804. The Labute approximate surface area is 93.9 Å². The van der Waals surface area contributed by atoms with Crippen molar-refractivity contribution in [2.75, 3.05) is 33.3 Å². The SMILES string of the molecule is CC(NCCCCO)C1CCCN(C)C1. The van der Waals surface area contributed by atoms with Gasteiger partial charge < -0.3 is 15.3 Å². The van der Waals surface area contributed by atoms with Gasteiger partial charge >= 0.3 is 0 Å². The molecule has 1 aliphatic heterocycles. The fourth-order valence-electron chi connectivity index (χ4n) is 2.35. The van der Waals surface area contributed by atoms with Gasteiger partial charge in [0.1, 0.15) is 0 Å². The molecule has 3 heteroatoms. The van der Waals surface area contributed by atoms with E-state index in [0.717, 1.165) is 25.3 Å². The van der Waals surface area contributed by atoms with Crippen molar-refractivity contribution in [2.24, 2.45) is 5.92 Å². The van der Waals surface area contributed by atoms with E-state index in [1.807, 2.05) is 0 Å². The summed E-state index contributed by atoms with van der Waals surface area (Å²) in [4.78, 5) is 2.43. The Morgan fingerprint density at radius 3 is 2.93 bits per heavy atom. The highest BCUT2D eigenvalue weighted by Crippen LogP contribution is 2.18. The first kappa shape index (κ1) is 12.9. The van der Waals surface area contributed by atoms with Crippen LogP contribution in [0.5, 0.6) is 0 Å². The number of hydrogen-bond donors (Lipinski definition) is 2. The zero-order valence-corrected chi connectivity index (χ0v) is 10.2. The Balaban J connectivity index is 2.12. The molecule has 0 radical (unpaired) electrons. The highest BCUT2D eigenvalue weighted by molar-refractivity contribution is 4.78. The van der Waals surface area contributed by atoms with Gasteiger partial charge in [-0.15, -0.1) is 0 Å². The van der Waals surface area contributed by atoms with E-state index < -0.39 is 0 Å². The molecule has 1 rings (SSSR count). The number of piperidine rings is 1. The average molecular weight is 214 g/mol. The lowest BCUT2D eigenvalue weighted by Crippen LogP contribution is -2.43. The van der Waals surface area contributed by atoms with E-state index in [4.69, 9.17) is 5.11 Å². The molecule has 0 amide bonds. The summed E-state index contributed by atoms with van der Waals surface area (Å²) in [7, 11) is 2.21. The van der Waals surface area contributed by atoms with Crippen molar-refractivity contribution < 1.29 is 5.11 Å². The molecule has 0 aromatic heterocycles. The second-order valence-corrected chi connectivity index (χ2v) is 4.84. The topological polar surface area (TPSA) is 35.5 Å². The van der Waals surface area contributed by atoms with E-state index in [2.05, 4.69) is 24.2 Å². The zero-order chi connectivity index (χ0) is 11.1. The van der Waals surface area contributed by atoms with Crippen molar-refractivity contribution in [1.29, 1.82) is 0 Å². The highest BCUT2D eigenvalue weighted by Gasteiger charge is 2.21. The van der Waals surface area contributed by atoms with E-state index >= 15 is 0 Å². The summed E-state index contributed by atoms with van der Waals surface area (Å²) in [5.41, 5.74) is 0. The molecule has 0 spiro atoms. The quantitative estimate of drug-likeness (QED) is 0.650. The van der Waals surface area contributed by atoms with Gasteiger partial charge in [0.05, 0.1) is 0 Å². The lowest BCUT2D eigenvalue weighted by atomic mass is 9.92. The van der Waals surface area contributed by atoms with Crippen molar-refractivity contribution in [1.82, 2.24) is 10.2 Å². The molecule has 3 nitrogen and oxygen atoms in total. The van der Waals surface area contributed by atoms with Gasteiger partial charge in [0, 0.05) is 19.2 Å². The zero-order valence-electron chi connectivity index (χ0n) is 10.2. The first-order chi connectivity index (χ1) is 7.24. The summed E-state index contributed by atoms with van der Waals surface area (Å²) in [6.07, 6.45) is 4.70. The van der Waals surface area contributed by atoms with Crippen LogP contribution in [-0.2, 0) is 0 Å². The minimum Gasteiger partial charge on any atom is -0.396 e. The van der Waals surface area contributed by atoms with Gasteiger partial charge in [0.15, 0.2) is 0 Å². The second-order valence-electron chi connectivity index (χ2n) is 4.84. The molecule has 0 bridgehead atoms. The highest BCUT2D eigenvalue weighted by atomic mass is 16.2. The standard InChI is InChI=1S/C12H26N2O/c1-11(13-7-3-4-9-15)12-6-5-8-14(2)10-12/h11-13,15H,3-10H2,1-2H3. The maximum absolute atomic E-state index is 8.68. The van der Waals surface area contributed by atoms with Gasteiger partial charge in [0.2, 0.25) is 0 Å². The van der Waals surface area contributed by atoms with Crippen molar-refractivity contribution in [3.63, 3.8) is 0 Å². The lowest BCUT2D eigenvalue weighted by molar-refractivity contribution is 0.178. The third-order valence-electron chi connectivity index (χ3n) is 3.42. The van der Waals surface area contributed by atoms with Gasteiger partial charge in [-0.05, 0) is 58.7 Å². The molecule has 0 saturated carbocycles. The van der Waals surface area contributed by atoms with Gasteiger partial charge in [-0.2, -0.15) is 0 Å². The molecule has 15 heavy (non-hydrogen) atoms. The summed E-state index contributed by atoms with van der Waals surface area (Å²) in [6, 6.07) is 0.617. The molecule has 0 aromatic carbocycles. The van der Waals surface area contributed by atoms with E-state index in [-0.39, 0.29) is 0 Å². The minimum absolute atomic E-state index is 0.322. The number of nitrogens with zero attached hydrogens (tertiary/aromatic N) is 1. The first-order valence-electron chi connectivity index (χ1n) is 6.27. The Hall–Kier alpha value is -0.120. The normalized spacial score (nSPS) is 25.4. The van der Waals surface area contributed by atoms with E-state index in [1.54, 1.807) is 0 Å². The van der Waals surface area contributed by atoms with Crippen LogP contribution in [0.25, 0.3) is 0 Å². The number of aliphatic hydroxyl groups excluding tert-OH is 1. The predicted molar refractivity (Wildman–Crippen MR) is 64.0 cm³/mol. The molecule has 0 aromatic rings. The third-order valence-corrected chi connectivity index (χ3v) is 3.42. The van der Waals surface area contributed by atoms with Gasteiger partial charge in [-0.1, -0.05) is 0 Å². The molecule has 2 atom stereocenters. The summed E-state index contributed by atoms with van der Waals surface area (Å²) < 4.78 is 0. The number of aliphatic hydroxyl groups is 1. The van der Waals surface area contributed by atoms with E-state index in [0.29, 0.717) is 12.6 Å². The maximum Gasteiger partial charge on any atom is 0.0431 e. The number of hydrogen-bond acceptors (Lipinski definition) is 3. The Morgan fingerprint density at radius 2 is 2.27 bits per heavy atom. The Morgan fingerprint density at radius 1 is 1.47 bits per heavy atom. The summed E-state index contributed by atoms with van der Waals surface area (Å²) in [5, 5.41) is 12.3. The van der Waals surface area contributed by atoms with Crippen LogP contribution in [0.3, 0.4) is 0 Å². The van der Waals surface area contributed by atoms with Gasteiger partial charge in [-0.3, -0.25) is 0 Å². The molecule has 0 aliphatic carbocycles. The molecule has 2 N–H and O–H groups in total. The van der Waals surface area contributed by atoms with Crippen molar-refractivity contribution in [3.8, 4) is 0 Å². The molecular formula is C12H26N2O. The van der Waals surface area contributed by atoms with Crippen LogP contribution in [0.15, 0.2) is 0 Å². The summed E-state index contributed by atoms with van der Waals surface area (Å²) in [6.45, 7) is 6.15. The minimum atomic E-state index is 0.322. The first-order valence-corrected chi connectivity index (χ1v) is 6.27. The Kier molecular flexibility index (Phi) is 6.22. The maximum atomic E-state index is 8.68. The fourth-order valence-corrected chi connectivity index (χ4v) is 2.35. The van der Waals surface area contributed by atoms with Crippen molar-refractivity contribution >= 4 is 0 Å². The van der Waals surface area contributed by atoms with Crippen molar-refractivity contribution in [2.45, 2.75) is 38.6 Å². The van der Waals surface area contributed by atoms with Crippen LogP contribution in [0, 0.1) is 5.92 Å². The number of likely N-dealkylation sites (tertiary alicyclic amines) is 1. The molecule has 1 fully saturated rings. The third kappa shape index (κ3) is 4.96. The fraction of sp³-hybridized carbons (Fsp3) is 1.00. The van der Waals surface area contributed by atoms with Crippen LogP contribution >= 0.6 is 0 Å². The van der Waals surface area contributed by atoms with Crippen molar-refractivity contribution in [3.05, 3.63) is 0 Å². The largest absolute Gasteiger partial charge is 0.396 e. The van der Waals surface area contributed by atoms with E-state index in [1.165, 1.54) is 25.9 Å². The number of unbranched alkanes of at least 4 members (excludes halogenated alkanes) is 1.